The molecule has 12 heteroatoms. The van der Waals surface area contributed by atoms with Gasteiger partial charge < -0.3 is 0 Å². The summed E-state index contributed by atoms with van der Waals surface area (Å²) in [5, 5.41) is 4.32. The third-order valence-electron chi connectivity index (χ3n) is 7.12. The zero-order valence-electron chi connectivity index (χ0n) is 22.3. The van der Waals surface area contributed by atoms with Gasteiger partial charge in [0.2, 0.25) is 5.78 Å². The summed E-state index contributed by atoms with van der Waals surface area (Å²) in [7, 11) is -4.69. The second-order valence-electron chi connectivity index (χ2n) is 9.76. The Bertz CT molecular complexity index is 1580. The molecule has 4 aromatic carbocycles. The van der Waals surface area contributed by atoms with Crippen LogP contribution in [0.15, 0.2) is 108 Å². The Labute approximate surface area is 259 Å². The van der Waals surface area contributed by atoms with E-state index in [1.807, 2.05) is 109 Å². The van der Waals surface area contributed by atoms with E-state index < -0.39 is 10.2 Å². The topological polar surface area (TPSA) is 165 Å². The fourth-order valence-electron chi connectivity index (χ4n) is 5.27. The summed E-state index contributed by atoms with van der Waals surface area (Å²) < 4.78 is 32.7. The average Bonchev–Trinajstić information content (AvgIpc) is 2.97. The Morgan fingerprint density at radius 3 is 1.33 bits per heavy atom. The number of nitrogens with two attached hydrogens (primary N) is 2. The van der Waals surface area contributed by atoms with Crippen LogP contribution in [0.3, 0.4) is 0 Å². The maximum Gasteiger partial charge on any atom is 0.227 e. The molecule has 2 unspecified atom stereocenters. The van der Waals surface area contributed by atoms with Crippen molar-refractivity contribution in [1.29, 1.82) is 0 Å². The lowest BCUT2D eigenvalue weighted by atomic mass is 9.87. The van der Waals surface area contributed by atoms with Crippen LogP contribution in [0, 0.1) is 10.2 Å². The van der Waals surface area contributed by atoms with E-state index in [1.54, 1.807) is 0 Å². The Hall–Kier alpha value is -3.74. The number of ketones is 1. The largest absolute Gasteiger partial charge is 0.295 e. The first-order valence-corrected chi connectivity index (χ1v) is 14.8. The van der Waals surface area contributed by atoms with Gasteiger partial charge in [-0.15, -0.1) is 0 Å². The minimum Gasteiger partial charge on any atom is -0.295 e. The maximum atomic E-state index is 14.2. The van der Waals surface area contributed by atoms with Gasteiger partial charge >= 0.3 is 0 Å². The molecule has 0 aromatic heterocycles. The molecule has 0 amide bonds. The van der Waals surface area contributed by atoms with E-state index in [4.69, 9.17) is 53.5 Å². The number of hydrazine groups is 2. The van der Waals surface area contributed by atoms with Crippen LogP contribution in [0.5, 0.6) is 0 Å². The normalized spacial score (nSPS) is 17.6. The molecule has 2 aliphatic heterocycles. The van der Waals surface area contributed by atoms with Crippen LogP contribution in [-0.4, -0.2) is 20.5 Å². The molecule has 0 spiro atoms. The van der Waals surface area contributed by atoms with Crippen molar-refractivity contribution < 1.29 is 33.7 Å². The zero-order valence-corrected chi connectivity index (χ0v) is 24.6. The summed E-state index contributed by atoms with van der Waals surface area (Å²) in [5.74, 6) is 13.2. The number of hydrogen-bond acceptors (Lipinski definition) is 9. The number of carbonyl (C=O) groups is 1. The Kier molecular flexibility index (Phi) is 8.91. The number of rotatable bonds is 4. The van der Waals surface area contributed by atoms with Crippen molar-refractivity contribution in [2.45, 2.75) is 12.1 Å². The van der Waals surface area contributed by atoms with Crippen LogP contribution in [0.1, 0.15) is 45.5 Å². The highest BCUT2D eigenvalue weighted by Gasteiger charge is 2.37. The summed E-state index contributed by atoms with van der Waals surface area (Å²) in [6, 6.07) is 30.1. The number of Topliss-reactive ketones (excluding diaryl/α,β-unsaturated/α-hetero) is 1. The number of nitrogens with zero attached hydrogens (tertiary/aromatic N) is 2. The number of benzene rings is 4. The maximum absolute atomic E-state index is 14.2. The minimum absolute atomic E-state index is 0.267. The van der Waals surface area contributed by atoms with Crippen molar-refractivity contribution in [2.75, 3.05) is 0 Å². The minimum atomic E-state index is -4.69. The predicted octanol–water partition coefficient (Wildman–Crippen LogP) is 2.38. The molecule has 0 radical (unpaired) electrons. The molecule has 220 valence electrons. The third kappa shape index (κ3) is 6.76. The molecule has 5 N–H and O–H groups in total. The van der Waals surface area contributed by atoms with E-state index in [0.29, 0.717) is 21.4 Å². The van der Waals surface area contributed by atoms with Gasteiger partial charge in [0.1, 0.15) is 11.4 Å². The van der Waals surface area contributed by atoms with Crippen LogP contribution < -0.4 is 25.7 Å². The molecule has 9 nitrogen and oxygen atoms in total. The third-order valence-corrected chi connectivity index (χ3v) is 7.62. The highest BCUT2D eigenvalue weighted by atomic mass is 35.7. The second kappa shape index (κ2) is 12.5. The lowest BCUT2D eigenvalue weighted by Crippen LogP contribution is -2.58. The zero-order chi connectivity index (χ0) is 30.9. The highest BCUT2D eigenvalue weighted by Crippen LogP contribution is 2.41. The van der Waals surface area contributed by atoms with Crippen LogP contribution in [-0.2, 0) is 4.79 Å². The molecule has 0 fully saturated rings. The molecule has 43 heavy (non-hydrogen) atoms. The smallest absolute Gasteiger partial charge is 0.227 e. The van der Waals surface area contributed by atoms with Gasteiger partial charge in [0, 0.05) is 10.0 Å². The van der Waals surface area contributed by atoms with Gasteiger partial charge in [0.15, 0.2) is 0 Å². The molecular formula is C31H25Cl3N4O5. The van der Waals surface area contributed by atoms with Crippen LogP contribution in [0.4, 0.5) is 0 Å². The van der Waals surface area contributed by atoms with Crippen LogP contribution in [0.25, 0.3) is 12.2 Å². The molecule has 0 saturated heterocycles. The molecule has 2 atom stereocenters. The summed E-state index contributed by atoms with van der Waals surface area (Å²) in [4.78, 5) is 14.2. The molecular weight excluding hydrogens is 615 g/mol. The van der Waals surface area contributed by atoms with E-state index in [2.05, 4.69) is 0 Å². The standard InChI is InChI=1S/C31H24Cl2N4O.ClHO4/c32-23-13-9-19(10-14-23)29-25-7-3-1-5-21(25)17-27(36(29)34)31(38)28-18-22-6-2-4-8-26(22)30(37(28)35)20-11-15-24(33)16-12-20;2-1(3,4)5/h1-18,29-30H,34-35H2;(H,2,3,4,5). The fraction of sp³-hybridized carbons (Fsp3) is 0.0645. The number of halogens is 3. The van der Waals surface area contributed by atoms with Gasteiger partial charge in [-0.25, -0.2) is 11.7 Å². The Balaban J connectivity index is 0.000000682. The van der Waals surface area contributed by atoms with Crippen LogP contribution in [0.2, 0.25) is 10.0 Å². The van der Waals surface area contributed by atoms with E-state index in [0.717, 1.165) is 33.4 Å². The van der Waals surface area contributed by atoms with E-state index in [1.165, 1.54) is 10.0 Å². The van der Waals surface area contributed by atoms with Gasteiger partial charge in [-0.05, 0) is 69.8 Å². The van der Waals surface area contributed by atoms with E-state index in [9.17, 15) is 4.79 Å². The molecule has 6 rings (SSSR count). The molecule has 0 aliphatic carbocycles. The highest BCUT2D eigenvalue weighted by molar-refractivity contribution is 6.30. The second-order valence-corrected chi connectivity index (χ2v) is 11.4. The molecule has 2 heterocycles. The quantitative estimate of drug-likeness (QED) is 0.284. The fourth-order valence-corrected chi connectivity index (χ4v) is 5.52. The first kappa shape index (κ1) is 30.7. The van der Waals surface area contributed by atoms with Crippen molar-refractivity contribution in [1.82, 2.24) is 10.0 Å². The number of carbonyl (C=O) groups excluding carboxylic acids is 1. The predicted molar refractivity (Wildman–Crippen MR) is 155 cm³/mol. The lowest BCUT2D eigenvalue weighted by molar-refractivity contribution is -1.92. The Morgan fingerprint density at radius 1 is 0.651 bits per heavy atom. The summed E-state index contributed by atoms with van der Waals surface area (Å²) in [5.41, 5.74) is 6.39. The summed E-state index contributed by atoms with van der Waals surface area (Å²) in [6.07, 6.45) is 3.66. The average molecular weight is 640 g/mol. The Morgan fingerprint density at radius 2 is 0.977 bits per heavy atom. The molecule has 2 aliphatic rings. The van der Waals surface area contributed by atoms with Crippen molar-refractivity contribution in [3.05, 3.63) is 152 Å². The first-order chi connectivity index (χ1) is 20.4. The molecule has 0 saturated carbocycles. The van der Waals surface area contributed by atoms with Crippen molar-refractivity contribution >= 4 is 41.1 Å². The first-order valence-electron chi connectivity index (χ1n) is 12.8. The van der Waals surface area contributed by atoms with Gasteiger partial charge in [-0.1, -0.05) is 96.0 Å². The summed E-state index contributed by atoms with van der Waals surface area (Å²) in [6.45, 7) is 0. The molecule has 4 aromatic rings. The van der Waals surface area contributed by atoms with Gasteiger partial charge in [0.05, 0.1) is 27.0 Å². The van der Waals surface area contributed by atoms with Crippen molar-refractivity contribution in [2.24, 2.45) is 11.7 Å². The number of fused-ring (bicyclic) bond motifs is 2. The monoisotopic (exact) mass is 638 g/mol. The van der Waals surface area contributed by atoms with Gasteiger partial charge in [-0.2, -0.15) is 14.0 Å². The van der Waals surface area contributed by atoms with E-state index in [-0.39, 0.29) is 17.9 Å². The van der Waals surface area contributed by atoms with Crippen molar-refractivity contribution in [3.63, 3.8) is 0 Å². The van der Waals surface area contributed by atoms with Gasteiger partial charge in [-0.3, -0.25) is 14.8 Å². The molecule has 0 bridgehead atoms. The SMILES string of the molecule is NN1C(C(=O)C2=Cc3ccccc3C(c3ccc(Cl)cc3)N2N)=Cc2ccccc2C1c1ccc(Cl)cc1.[O-][Cl+3]([O-])([O-])O. The number of hydrogen-bond donors (Lipinski definition) is 3. The lowest BCUT2D eigenvalue weighted by Gasteiger charge is -2.39. The van der Waals surface area contributed by atoms with Gasteiger partial charge in [0.25, 0.3) is 0 Å². The van der Waals surface area contributed by atoms with Crippen molar-refractivity contribution in [3.8, 4) is 0 Å². The van der Waals surface area contributed by atoms with E-state index >= 15 is 0 Å². The van der Waals surface area contributed by atoms with Crippen LogP contribution >= 0.6 is 23.2 Å². The summed E-state index contributed by atoms with van der Waals surface area (Å²) >= 11 is 12.3.